The smallest absolute Gasteiger partial charge is 0.228 e. The van der Waals surface area contributed by atoms with Crippen LogP contribution in [0.1, 0.15) is 23.7 Å². The lowest BCUT2D eigenvalue weighted by molar-refractivity contribution is -0.117. The Kier molecular flexibility index (Phi) is 4.16. The monoisotopic (exact) mass is 348 g/mol. The molecule has 0 bridgehead atoms. The molecular weight excluding hydrogens is 328 g/mol. The van der Waals surface area contributed by atoms with Crippen LogP contribution in [0.4, 0.5) is 5.69 Å². The van der Waals surface area contributed by atoms with Crippen LogP contribution >= 0.6 is 0 Å². The van der Waals surface area contributed by atoms with Crippen molar-refractivity contribution in [2.45, 2.75) is 19.3 Å². The van der Waals surface area contributed by atoms with Crippen LogP contribution in [0.2, 0.25) is 0 Å². The number of hydrogen-bond donors (Lipinski definition) is 1. The fourth-order valence-corrected chi connectivity index (χ4v) is 3.16. The van der Waals surface area contributed by atoms with Crippen LogP contribution < -0.4 is 10.1 Å². The number of carbonyl (C=O) groups excluding carboxylic acids is 1. The maximum Gasteiger partial charge on any atom is 0.228 e. The third kappa shape index (κ3) is 3.18. The number of amides is 1. The van der Waals surface area contributed by atoms with E-state index in [-0.39, 0.29) is 17.7 Å². The molecule has 1 amide bonds. The number of ether oxygens (including phenoxy) is 1. The molecule has 2 atom stereocenters. The first-order valence-electron chi connectivity index (χ1n) is 8.57. The van der Waals surface area contributed by atoms with Crippen LogP contribution in [0, 0.1) is 12.8 Å². The molecule has 2 unspecified atom stereocenters. The molecule has 1 fully saturated rings. The Balaban J connectivity index is 1.39. The molecule has 26 heavy (non-hydrogen) atoms. The highest BCUT2D eigenvalue weighted by atomic mass is 16.5. The van der Waals surface area contributed by atoms with E-state index in [1.165, 1.54) is 5.56 Å². The first-order chi connectivity index (χ1) is 12.7. The van der Waals surface area contributed by atoms with E-state index in [1.54, 1.807) is 19.5 Å². The first kappa shape index (κ1) is 16.3. The van der Waals surface area contributed by atoms with E-state index in [9.17, 15) is 4.79 Å². The number of aryl methyl sites for hydroxylation is 1. The summed E-state index contributed by atoms with van der Waals surface area (Å²) in [5, 5.41) is 2.96. The van der Waals surface area contributed by atoms with Gasteiger partial charge in [-0.15, -0.1) is 0 Å². The van der Waals surface area contributed by atoms with E-state index >= 15 is 0 Å². The normalized spacial score (nSPS) is 18.4. The van der Waals surface area contributed by atoms with Crippen molar-refractivity contribution >= 4 is 11.6 Å². The van der Waals surface area contributed by atoms with Gasteiger partial charge in [0, 0.05) is 18.3 Å². The Morgan fingerprint density at radius 1 is 1.19 bits per heavy atom. The summed E-state index contributed by atoms with van der Waals surface area (Å²) in [5.74, 6) is 2.81. The molecule has 1 aliphatic carbocycles. The van der Waals surface area contributed by atoms with Gasteiger partial charge in [0.1, 0.15) is 17.4 Å². The van der Waals surface area contributed by atoms with Gasteiger partial charge < -0.3 is 10.1 Å². The van der Waals surface area contributed by atoms with Gasteiger partial charge in [0.25, 0.3) is 0 Å². The van der Waals surface area contributed by atoms with E-state index in [0.29, 0.717) is 5.69 Å². The number of rotatable bonds is 5. The van der Waals surface area contributed by atoms with Crippen LogP contribution in [0.3, 0.4) is 0 Å². The number of hydrogen-bond acceptors (Lipinski definition) is 4. The number of nitrogens with zero attached hydrogens (tertiary/aromatic N) is 3. The van der Waals surface area contributed by atoms with Gasteiger partial charge in [-0.3, -0.25) is 9.36 Å². The summed E-state index contributed by atoms with van der Waals surface area (Å²) in [6, 6.07) is 11.7. The van der Waals surface area contributed by atoms with Crippen LogP contribution in [0.5, 0.6) is 5.75 Å². The molecule has 2 heterocycles. The van der Waals surface area contributed by atoms with Gasteiger partial charge >= 0.3 is 0 Å². The van der Waals surface area contributed by atoms with Crippen molar-refractivity contribution in [3.63, 3.8) is 0 Å². The Bertz CT molecular complexity index is 916. The zero-order valence-electron chi connectivity index (χ0n) is 14.7. The van der Waals surface area contributed by atoms with Gasteiger partial charge in [0.2, 0.25) is 5.91 Å². The van der Waals surface area contributed by atoms with E-state index < -0.39 is 0 Å². The fourth-order valence-electron chi connectivity index (χ4n) is 3.16. The van der Waals surface area contributed by atoms with Gasteiger partial charge in [-0.05, 0) is 49.1 Å². The van der Waals surface area contributed by atoms with Crippen molar-refractivity contribution in [2.75, 3.05) is 12.4 Å². The number of aromatic nitrogens is 3. The maximum absolute atomic E-state index is 12.5. The standard InChI is InChI=1S/C20H20N4O2/c1-13-21-9-10-24(13)19-8-5-15(12-22-19)23-20(25)18-11-17(18)14-3-6-16(26-2)7-4-14/h3-10,12,17-18H,11H2,1-2H3,(H,23,25). The number of anilines is 1. The van der Waals surface area contributed by atoms with Crippen molar-refractivity contribution in [2.24, 2.45) is 5.92 Å². The lowest BCUT2D eigenvalue weighted by Crippen LogP contribution is -2.15. The molecule has 6 nitrogen and oxygen atoms in total. The number of imidazole rings is 1. The third-order valence-corrected chi connectivity index (χ3v) is 4.76. The highest BCUT2D eigenvalue weighted by Crippen LogP contribution is 2.48. The summed E-state index contributed by atoms with van der Waals surface area (Å²) in [5.41, 5.74) is 1.88. The molecule has 6 heteroatoms. The summed E-state index contributed by atoms with van der Waals surface area (Å²) < 4.78 is 7.07. The minimum absolute atomic E-state index is 0.0129. The average molecular weight is 348 g/mol. The average Bonchev–Trinajstić information content (AvgIpc) is 3.37. The quantitative estimate of drug-likeness (QED) is 0.768. The molecule has 1 saturated carbocycles. The molecule has 132 valence electrons. The fraction of sp³-hybridized carbons (Fsp3) is 0.250. The Morgan fingerprint density at radius 2 is 2.00 bits per heavy atom. The van der Waals surface area contributed by atoms with Gasteiger partial charge in [-0.1, -0.05) is 12.1 Å². The second-order valence-electron chi connectivity index (χ2n) is 6.46. The molecule has 1 aromatic carbocycles. The maximum atomic E-state index is 12.5. The molecule has 4 rings (SSSR count). The predicted octanol–water partition coefficient (Wildman–Crippen LogP) is 3.33. The van der Waals surface area contributed by atoms with Crippen molar-refractivity contribution < 1.29 is 9.53 Å². The van der Waals surface area contributed by atoms with Gasteiger partial charge in [-0.2, -0.15) is 0 Å². The lowest BCUT2D eigenvalue weighted by Gasteiger charge is -2.07. The van der Waals surface area contributed by atoms with Gasteiger partial charge in [0.05, 0.1) is 19.0 Å². The zero-order valence-corrected chi connectivity index (χ0v) is 14.7. The van der Waals surface area contributed by atoms with Crippen molar-refractivity contribution in [1.29, 1.82) is 0 Å². The highest BCUT2D eigenvalue weighted by Gasteiger charge is 2.43. The largest absolute Gasteiger partial charge is 0.497 e. The number of methoxy groups -OCH3 is 1. The molecule has 1 N–H and O–H groups in total. The number of benzene rings is 1. The molecule has 1 aliphatic rings. The summed E-state index contributed by atoms with van der Waals surface area (Å²) in [7, 11) is 1.65. The minimum atomic E-state index is 0.0129. The molecule has 0 saturated heterocycles. The summed E-state index contributed by atoms with van der Waals surface area (Å²) in [6.45, 7) is 1.92. The number of nitrogens with one attached hydrogen (secondary N) is 1. The van der Waals surface area contributed by atoms with E-state index in [2.05, 4.69) is 15.3 Å². The number of pyridine rings is 1. The topological polar surface area (TPSA) is 69.0 Å². The zero-order chi connectivity index (χ0) is 18.1. The first-order valence-corrected chi connectivity index (χ1v) is 8.57. The molecule has 0 spiro atoms. The summed E-state index contributed by atoms with van der Waals surface area (Å²) >= 11 is 0. The molecule has 0 radical (unpaired) electrons. The SMILES string of the molecule is COc1ccc(C2CC2C(=O)Nc2ccc(-n3ccnc3C)nc2)cc1. The van der Waals surface area contributed by atoms with Gasteiger partial charge in [-0.25, -0.2) is 9.97 Å². The van der Waals surface area contributed by atoms with Crippen molar-refractivity contribution in [3.8, 4) is 11.6 Å². The highest BCUT2D eigenvalue weighted by molar-refractivity contribution is 5.95. The van der Waals surface area contributed by atoms with Crippen LogP contribution in [-0.4, -0.2) is 27.6 Å². The van der Waals surface area contributed by atoms with Crippen molar-refractivity contribution in [1.82, 2.24) is 14.5 Å². The summed E-state index contributed by atoms with van der Waals surface area (Å²) in [6.07, 6.45) is 6.15. The Morgan fingerprint density at radius 3 is 2.62 bits per heavy atom. The second kappa shape index (κ2) is 6.63. The number of carbonyl (C=O) groups is 1. The lowest BCUT2D eigenvalue weighted by atomic mass is 10.1. The third-order valence-electron chi connectivity index (χ3n) is 4.76. The van der Waals surface area contributed by atoms with Crippen LogP contribution in [0.15, 0.2) is 55.0 Å². The Labute approximate surface area is 151 Å². The van der Waals surface area contributed by atoms with Crippen LogP contribution in [0.25, 0.3) is 5.82 Å². The molecule has 3 aromatic rings. The molecular formula is C20H20N4O2. The molecule has 2 aromatic heterocycles. The van der Waals surface area contributed by atoms with Crippen LogP contribution in [-0.2, 0) is 4.79 Å². The Hall–Kier alpha value is -3.15. The van der Waals surface area contributed by atoms with E-state index in [1.807, 2.05) is 54.1 Å². The van der Waals surface area contributed by atoms with Gasteiger partial charge in [0.15, 0.2) is 0 Å². The second-order valence-corrected chi connectivity index (χ2v) is 6.46. The summed E-state index contributed by atoms with van der Waals surface area (Å²) in [4.78, 5) is 21.1. The van der Waals surface area contributed by atoms with Crippen molar-refractivity contribution in [3.05, 3.63) is 66.4 Å². The van der Waals surface area contributed by atoms with E-state index in [4.69, 9.17) is 4.74 Å². The molecule has 0 aliphatic heterocycles. The predicted molar refractivity (Wildman–Crippen MR) is 98.6 cm³/mol. The minimum Gasteiger partial charge on any atom is -0.497 e. The van der Waals surface area contributed by atoms with E-state index in [0.717, 1.165) is 23.8 Å².